The van der Waals surface area contributed by atoms with Crippen LogP contribution in [0.2, 0.25) is 0 Å². The minimum atomic E-state index is -1.06. The molecule has 0 radical (unpaired) electrons. The van der Waals surface area contributed by atoms with E-state index in [1.807, 2.05) is 48.5 Å². The van der Waals surface area contributed by atoms with Gasteiger partial charge in [-0.3, -0.25) is 4.90 Å². The van der Waals surface area contributed by atoms with E-state index in [1.54, 1.807) is 12.1 Å². The van der Waals surface area contributed by atoms with Gasteiger partial charge in [0.2, 0.25) is 0 Å². The number of carbonyl (C=O) groups is 2. The normalized spacial score (nSPS) is 19.4. The van der Waals surface area contributed by atoms with Crippen molar-refractivity contribution in [3.8, 4) is 5.75 Å². The molecule has 3 rings (SSSR count). The van der Waals surface area contributed by atoms with E-state index < -0.39 is 18.1 Å². The third-order valence-corrected chi connectivity index (χ3v) is 4.03. The maximum Gasteiger partial charge on any atom is 0.410 e. The molecule has 1 N–H and O–H groups in total. The lowest BCUT2D eigenvalue weighted by Crippen LogP contribution is -2.40. The number of rotatable bonds is 5. The average Bonchev–Trinajstić information content (AvgIpc) is 3.06. The van der Waals surface area contributed by atoms with Crippen LogP contribution in [0.25, 0.3) is 0 Å². The second-order valence-electron chi connectivity index (χ2n) is 5.84. The summed E-state index contributed by atoms with van der Waals surface area (Å²) in [6.07, 6.45) is -0.798. The Morgan fingerprint density at radius 2 is 1.68 bits per heavy atom. The zero-order valence-corrected chi connectivity index (χ0v) is 13.6. The molecule has 1 fully saturated rings. The van der Waals surface area contributed by atoms with Crippen LogP contribution in [-0.2, 0) is 16.1 Å². The molecule has 1 amide bonds. The molecular formula is C19H19NO5. The van der Waals surface area contributed by atoms with Gasteiger partial charge in [-0.25, -0.2) is 9.59 Å². The molecule has 0 saturated carbocycles. The van der Waals surface area contributed by atoms with Crippen LogP contribution in [-0.4, -0.2) is 40.8 Å². The van der Waals surface area contributed by atoms with Gasteiger partial charge in [-0.15, -0.1) is 0 Å². The van der Waals surface area contributed by atoms with E-state index >= 15 is 0 Å². The fourth-order valence-electron chi connectivity index (χ4n) is 2.81. The summed E-state index contributed by atoms with van der Waals surface area (Å²) in [6, 6.07) is 17.4. The Hall–Kier alpha value is -3.02. The number of hydrogen-bond acceptors (Lipinski definition) is 4. The summed E-state index contributed by atoms with van der Waals surface area (Å²) >= 11 is 0. The number of likely N-dealkylation sites (tertiary alicyclic amines) is 1. The van der Waals surface area contributed by atoms with Gasteiger partial charge in [0.1, 0.15) is 24.5 Å². The Morgan fingerprint density at radius 1 is 1.04 bits per heavy atom. The lowest BCUT2D eigenvalue weighted by Gasteiger charge is -2.20. The van der Waals surface area contributed by atoms with Gasteiger partial charge in [-0.2, -0.15) is 0 Å². The zero-order valence-electron chi connectivity index (χ0n) is 13.6. The average molecular weight is 341 g/mol. The van der Waals surface area contributed by atoms with E-state index in [0.717, 1.165) is 5.56 Å². The van der Waals surface area contributed by atoms with Crippen molar-refractivity contribution in [2.45, 2.75) is 25.2 Å². The maximum absolute atomic E-state index is 12.3. The van der Waals surface area contributed by atoms with E-state index in [-0.39, 0.29) is 25.7 Å². The van der Waals surface area contributed by atoms with Crippen molar-refractivity contribution in [2.24, 2.45) is 0 Å². The molecule has 25 heavy (non-hydrogen) atoms. The highest BCUT2D eigenvalue weighted by atomic mass is 16.6. The number of nitrogens with zero attached hydrogens (tertiary/aromatic N) is 1. The molecule has 2 aromatic rings. The fourth-order valence-corrected chi connectivity index (χ4v) is 2.81. The first kappa shape index (κ1) is 16.8. The number of carboxylic acids is 1. The van der Waals surface area contributed by atoms with Crippen molar-refractivity contribution in [1.29, 1.82) is 0 Å². The zero-order chi connectivity index (χ0) is 17.6. The molecule has 0 unspecified atom stereocenters. The summed E-state index contributed by atoms with van der Waals surface area (Å²) in [6.45, 7) is 0.284. The van der Waals surface area contributed by atoms with Crippen molar-refractivity contribution in [3.63, 3.8) is 0 Å². The number of benzene rings is 2. The Labute approximate surface area is 145 Å². The van der Waals surface area contributed by atoms with Crippen LogP contribution < -0.4 is 4.74 Å². The molecule has 130 valence electrons. The molecule has 0 bridgehead atoms. The first-order valence-corrected chi connectivity index (χ1v) is 8.05. The predicted molar refractivity (Wildman–Crippen MR) is 90.2 cm³/mol. The van der Waals surface area contributed by atoms with Crippen molar-refractivity contribution in [1.82, 2.24) is 4.90 Å². The number of hydrogen-bond donors (Lipinski definition) is 1. The highest BCUT2D eigenvalue weighted by molar-refractivity contribution is 5.81. The van der Waals surface area contributed by atoms with Crippen LogP contribution >= 0.6 is 0 Å². The molecule has 0 spiro atoms. The third-order valence-electron chi connectivity index (χ3n) is 4.03. The van der Waals surface area contributed by atoms with Crippen LogP contribution in [0, 0.1) is 0 Å². The first-order valence-electron chi connectivity index (χ1n) is 8.05. The van der Waals surface area contributed by atoms with Gasteiger partial charge < -0.3 is 14.6 Å². The topological polar surface area (TPSA) is 76.1 Å². The second-order valence-corrected chi connectivity index (χ2v) is 5.84. The largest absolute Gasteiger partial charge is 0.488 e. The number of para-hydroxylation sites is 1. The lowest BCUT2D eigenvalue weighted by molar-refractivity contribution is -0.141. The summed E-state index contributed by atoms with van der Waals surface area (Å²) < 4.78 is 11.0. The van der Waals surface area contributed by atoms with Crippen LogP contribution in [0.5, 0.6) is 5.75 Å². The number of amides is 1. The van der Waals surface area contributed by atoms with Gasteiger partial charge in [0.25, 0.3) is 0 Å². The van der Waals surface area contributed by atoms with Crippen LogP contribution in [0.3, 0.4) is 0 Å². The molecule has 1 aliphatic rings. The van der Waals surface area contributed by atoms with Gasteiger partial charge in [-0.1, -0.05) is 48.5 Å². The number of aliphatic carboxylic acids is 1. The van der Waals surface area contributed by atoms with E-state index in [1.165, 1.54) is 4.90 Å². The van der Waals surface area contributed by atoms with E-state index in [0.29, 0.717) is 5.75 Å². The summed E-state index contributed by atoms with van der Waals surface area (Å²) in [5, 5.41) is 9.40. The number of ether oxygens (including phenoxy) is 2. The Kier molecular flexibility index (Phi) is 5.18. The summed E-state index contributed by atoms with van der Waals surface area (Å²) in [4.78, 5) is 25.0. The van der Waals surface area contributed by atoms with Gasteiger partial charge in [0.15, 0.2) is 0 Å². The summed E-state index contributed by atoms with van der Waals surface area (Å²) in [5.41, 5.74) is 0.846. The first-order chi connectivity index (χ1) is 12.1. The molecule has 0 aliphatic carbocycles. The van der Waals surface area contributed by atoms with Gasteiger partial charge >= 0.3 is 12.1 Å². The van der Waals surface area contributed by atoms with Crippen LogP contribution in [0.4, 0.5) is 4.79 Å². The molecule has 6 heteroatoms. The number of carbonyl (C=O) groups excluding carboxylic acids is 1. The molecule has 2 aromatic carbocycles. The van der Waals surface area contributed by atoms with Gasteiger partial charge in [0, 0.05) is 6.42 Å². The molecule has 1 heterocycles. The standard InChI is InChI=1S/C19H19NO5/c21-18(22)17-11-16(25-15-9-5-2-6-10-15)12-20(17)19(23)24-13-14-7-3-1-4-8-14/h1-10,16-17H,11-13H2,(H,21,22)/t16-,17-/m0/s1. The minimum Gasteiger partial charge on any atom is -0.488 e. The quantitative estimate of drug-likeness (QED) is 0.905. The van der Waals surface area contributed by atoms with Crippen molar-refractivity contribution in [3.05, 3.63) is 66.2 Å². The smallest absolute Gasteiger partial charge is 0.410 e. The fraction of sp³-hybridized carbons (Fsp3) is 0.263. The predicted octanol–water partition coefficient (Wildman–Crippen LogP) is 2.93. The molecule has 1 saturated heterocycles. The molecule has 2 atom stereocenters. The summed E-state index contributed by atoms with van der Waals surface area (Å²) in [5.74, 6) is -0.410. The van der Waals surface area contributed by atoms with Crippen LogP contribution in [0.1, 0.15) is 12.0 Å². The SMILES string of the molecule is O=C(O)[C@@H]1C[C@H](Oc2ccccc2)CN1C(=O)OCc1ccccc1. The molecule has 6 nitrogen and oxygen atoms in total. The Bertz CT molecular complexity index is 719. The lowest BCUT2D eigenvalue weighted by atomic mass is 10.2. The minimum absolute atomic E-state index is 0.104. The van der Waals surface area contributed by atoms with Gasteiger partial charge in [-0.05, 0) is 17.7 Å². The summed E-state index contributed by atoms with van der Waals surface area (Å²) in [7, 11) is 0. The van der Waals surface area contributed by atoms with E-state index in [9.17, 15) is 14.7 Å². The monoisotopic (exact) mass is 341 g/mol. The van der Waals surface area contributed by atoms with Gasteiger partial charge in [0.05, 0.1) is 6.54 Å². The van der Waals surface area contributed by atoms with E-state index in [4.69, 9.17) is 9.47 Å². The second kappa shape index (κ2) is 7.70. The maximum atomic E-state index is 12.3. The third kappa shape index (κ3) is 4.29. The molecular weight excluding hydrogens is 322 g/mol. The van der Waals surface area contributed by atoms with Crippen molar-refractivity contribution < 1.29 is 24.2 Å². The molecule has 1 aliphatic heterocycles. The Morgan fingerprint density at radius 3 is 2.32 bits per heavy atom. The van der Waals surface area contributed by atoms with Crippen molar-refractivity contribution >= 4 is 12.1 Å². The van der Waals surface area contributed by atoms with Crippen molar-refractivity contribution in [2.75, 3.05) is 6.54 Å². The van der Waals surface area contributed by atoms with E-state index in [2.05, 4.69) is 0 Å². The Balaban J connectivity index is 1.62. The molecule has 0 aromatic heterocycles. The highest BCUT2D eigenvalue weighted by Crippen LogP contribution is 2.24. The number of carboxylic acid groups (broad SMARTS) is 1. The van der Waals surface area contributed by atoms with Crippen LogP contribution in [0.15, 0.2) is 60.7 Å². The highest BCUT2D eigenvalue weighted by Gasteiger charge is 2.41.